The van der Waals surface area contributed by atoms with Crippen LogP contribution in [0.3, 0.4) is 0 Å². The second kappa shape index (κ2) is 8.48. The van der Waals surface area contributed by atoms with Crippen molar-refractivity contribution in [3.8, 4) is 11.1 Å². The highest BCUT2D eigenvalue weighted by Gasteiger charge is 2.19. The normalized spacial score (nSPS) is 10.6. The molecule has 0 saturated heterocycles. The number of carbonyl (C=O) groups is 2. The zero-order valence-corrected chi connectivity index (χ0v) is 16.3. The Balaban J connectivity index is 1.46. The van der Waals surface area contributed by atoms with Crippen LogP contribution in [0.2, 0.25) is 0 Å². The van der Waals surface area contributed by atoms with Gasteiger partial charge < -0.3 is 15.1 Å². The van der Waals surface area contributed by atoms with Gasteiger partial charge in [0.25, 0.3) is 11.8 Å². The lowest BCUT2D eigenvalue weighted by atomic mass is 10.0. The van der Waals surface area contributed by atoms with Crippen molar-refractivity contribution in [1.29, 1.82) is 0 Å². The van der Waals surface area contributed by atoms with Crippen LogP contribution in [0.5, 0.6) is 0 Å². The van der Waals surface area contributed by atoms with Gasteiger partial charge in [0.1, 0.15) is 11.5 Å². The Bertz CT molecular complexity index is 1150. The molecule has 0 aliphatic carbocycles. The number of carbonyl (C=O) groups excluding carboxylic acids is 2. The molecule has 0 atom stereocenters. The summed E-state index contributed by atoms with van der Waals surface area (Å²) in [5.41, 5.74) is 3.18. The van der Waals surface area contributed by atoms with Gasteiger partial charge >= 0.3 is 0 Å². The highest BCUT2D eigenvalue weighted by Crippen LogP contribution is 2.20. The van der Waals surface area contributed by atoms with Crippen LogP contribution < -0.4 is 10.6 Å². The number of nitrogens with one attached hydrogen (secondary N) is 2. The van der Waals surface area contributed by atoms with Crippen molar-refractivity contribution in [3.05, 3.63) is 96.2 Å². The van der Waals surface area contributed by atoms with Gasteiger partial charge in [-0.2, -0.15) is 5.10 Å². The van der Waals surface area contributed by atoms with E-state index < -0.39 is 0 Å². The topological polar surface area (TPSA) is 89.2 Å². The van der Waals surface area contributed by atoms with Crippen LogP contribution in [0.1, 0.15) is 26.6 Å². The number of rotatable bonds is 6. The average Bonchev–Trinajstić information content (AvgIpc) is 3.42. The Morgan fingerprint density at radius 1 is 0.933 bits per heavy atom. The number of nitrogens with zero attached hydrogens (tertiary/aromatic N) is 2. The second-order valence-corrected chi connectivity index (χ2v) is 6.69. The average molecular weight is 400 g/mol. The highest BCUT2D eigenvalue weighted by atomic mass is 16.3. The monoisotopic (exact) mass is 400 g/mol. The maximum atomic E-state index is 12.7. The molecule has 0 bridgehead atoms. The molecule has 0 spiro atoms. The lowest BCUT2D eigenvalue weighted by molar-refractivity contribution is 0.0939. The highest BCUT2D eigenvalue weighted by molar-refractivity contribution is 6.08. The van der Waals surface area contributed by atoms with Crippen molar-refractivity contribution < 1.29 is 14.0 Å². The molecule has 0 aliphatic rings. The first-order valence-corrected chi connectivity index (χ1v) is 9.41. The molecule has 0 fully saturated rings. The molecular weight excluding hydrogens is 380 g/mol. The van der Waals surface area contributed by atoms with Crippen molar-refractivity contribution >= 4 is 17.5 Å². The van der Waals surface area contributed by atoms with E-state index in [4.69, 9.17) is 4.42 Å². The summed E-state index contributed by atoms with van der Waals surface area (Å²) in [7, 11) is 1.64. The van der Waals surface area contributed by atoms with Crippen LogP contribution in [0, 0.1) is 0 Å². The molecule has 2 amide bonds. The molecule has 0 saturated carbocycles. The molecule has 0 aliphatic heterocycles. The second-order valence-electron chi connectivity index (χ2n) is 6.69. The largest absolute Gasteiger partial charge is 0.467 e. The van der Waals surface area contributed by atoms with Crippen molar-refractivity contribution in [3.63, 3.8) is 0 Å². The third-order valence-electron chi connectivity index (χ3n) is 4.66. The molecule has 150 valence electrons. The Morgan fingerprint density at radius 2 is 1.67 bits per heavy atom. The van der Waals surface area contributed by atoms with E-state index in [0.29, 0.717) is 17.0 Å². The van der Waals surface area contributed by atoms with Gasteiger partial charge in [-0.05, 0) is 35.4 Å². The van der Waals surface area contributed by atoms with Gasteiger partial charge in [-0.15, -0.1) is 0 Å². The van der Waals surface area contributed by atoms with Gasteiger partial charge in [-0.25, -0.2) is 0 Å². The molecule has 2 heterocycles. The molecule has 2 N–H and O–H groups in total. The van der Waals surface area contributed by atoms with Crippen LogP contribution >= 0.6 is 0 Å². The number of furan rings is 1. The van der Waals surface area contributed by atoms with Gasteiger partial charge in [0.05, 0.1) is 24.7 Å². The number of benzene rings is 2. The summed E-state index contributed by atoms with van der Waals surface area (Å²) in [5, 5.41) is 9.64. The van der Waals surface area contributed by atoms with Crippen molar-refractivity contribution in [2.24, 2.45) is 7.05 Å². The minimum Gasteiger partial charge on any atom is -0.467 e. The van der Waals surface area contributed by atoms with E-state index in [0.717, 1.165) is 11.1 Å². The molecular formula is C23H20N4O3. The number of hydrogen-bond donors (Lipinski definition) is 2. The van der Waals surface area contributed by atoms with E-state index in [2.05, 4.69) is 15.7 Å². The Kier molecular flexibility index (Phi) is 5.43. The summed E-state index contributed by atoms with van der Waals surface area (Å²) in [4.78, 5) is 25.3. The van der Waals surface area contributed by atoms with E-state index >= 15 is 0 Å². The molecule has 7 heteroatoms. The summed E-state index contributed by atoms with van der Waals surface area (Å²) >= 11 is 0. The summed E-state index contributed by atoms with van der Waals surface area (Å²) in [6, 6.07) is 20.7. The summed E-state index contributed by atoms with van der Waals surface area (Å²) in [6.45, 7) is 0.241. The zero-order chi connectivity index (χ0) is 20.9. The summed E-state index contributed by atoms with van der Waals surface area (Å²) in [5.74, 6) is -0.0431. The summed E-state index contributed by atoms with van der Waals surface area (Å²) < 4.78 is 6.64. The molecule has 0 unspecified atom stereocenters. The molecule has 2 aromatic heterocycles. The maximum absolute atomic E-state index is 12.7. The SMILES string of the molecule is Cn1ncc(NC(=O)c2ccc(-c3ccccc3)cc2)c1C(=O)NCc1ccco1. The van der Waals surface area contributed by atoms with Gasteiger partial charge in [-0.3, -0.25) is 14.3 Å². The van der Waals surface area contributed by atoms with Gasteiger partial charge in [0.15, 0.2) is 0 Å². The van der Waals surface area contributed by atoms with E-state index in [1.54, 1.807) is 37.6 Å². The van der Waals surface area contributed by atoms with E-state index in [-0.39, 0.29) is 24.1 Å². The quantitative estimate of drug-likeness (QED) is 0.514. The van der Waals surface area contributed by atoms with Crippen LogP contribution in [-0.2, 0) is 13.6 Å². The fraction of sp³-hybridized carbons (Fsp3) is 0.0870. The number of amides is 2. The minimum atomic E-state index is -0.360. The van der Waals surface area contributed by atoms with Crippen molar-refractivity contribution in [2.45, 2.75) is 6.54 Å². The molecule has 30 heavy (non-hydrogen) atoms. The molecule has 4 rings (SSSR count). The third kappa shape index (κ3) is 4.15. The number of anilines is 1. The number of hydrogen-bond acceptors (Lipinski definition) is 4. The summed E-state index contributed by atoms with van der Waals surface area (Å²) in [6.07, 6.45) is 3.00. The fourth-order valence-corrected chi connectivity index (χ4v) is 3.10. The predicted molar refractivity (Wildman–Crippen MR) is 113 cm³/mol. The fourth-order valence-electron chi connectivity index (χ4n) is 3.10. The van der Waals surface area contributed by atoms with E-state index in [9.17, 15) is 9.59 Å². The molecule has 0 radical (unpaired) electrons. The first-order valence-electron chi connectivity index (χ1n) is 9.41. The van der Waals surface area contributed by atoms with Crippen LogP contribution in [0.4, 0.5) is 5.69 Å². The van der Waals surface area contributed by atoms with Gasteiger partial charge in [0, 0.05) is 12.6 Å². The molecule has 7 nitrogen and oxygen atoms in total. The Morgan fingerprint density at radius 3 is 2.37 bits per heavy atom. The van der Waals surface area contributed by atoms with Gasteiger partial charge in [0.2, 0.25) is 0 Å². The van der Waals surface area contributed by atoms with Crippen molar-refractivity contribution in [1.82, 2.24) is 15.1 Å². The van der Waals surface area contributed by atoms with E-state index in [1.165, 1.54) is 10.9 Å². The maximum Gasteiger partial charge on any atom is 0.272 e. The van der Waals surface area contributed by atoms with Crippen LogP contribution in [0.25, 0.3) is 11.1 Å². The smallest absolute Gasteiger partial charge is 0.272 e. The minimum absolute atomic E-state index is 0.241. The van der Waals surface area contributed by atoms with Crippen LogP contribution in [-0.4, -0.2) is 21.6 Å². The van der Waals surface area contributed by atoms with E-state index in [1.807, 2.05) is 42.5 Å². The standard InChI is InChI=1S/C23H20N4O3/c1-27-21(23(29)24-14-19-8-5-13-30-19)20(15-25-27)26-22(28)18-11-9-17(10-12-18)16-6-3-2-4-7-16/h2-13,15H,14H2,1H3,(H,24,29)(H,26,28). The number of aryl methyl sites for hydroxylation is 1. The Hall–Kier alpha value is -4.13. The lowest BCUT2D eigenvalue weighted by Crippen LogP contribution is -2.26. The number of aromatic nitrogens is 2. The predicted octanol–water partition coefficient (Wildman–Crippen LogP) is 3.86. The van der Waals surface area contributed by atoms with Crippen molar-refractivity contribution in [2.75, 3.05) is 5.32 Å². The molecule has 2 aromatic carbocycles. The molecule has 4 aromatic rings. The zero-order valence-electron chi connectivity index (χ0n) is 16.3. The Labute approximate surface area is 173 Å². The third-order valence-corrected chi connectivity index (χ3v) is 4.66. The van der Waals surface area contributed by atoms with Gasteiger partial charge in [-0.1, -0.05) is 42.5 Å². The van der Waals surface area contributed by atoms with Crippen LogP contribution in [0.15, 0.2) is 83.6 Å². The first-order chi connectivity index (χ1) is 14.6. The first kappa shape index (κ1) is 19.2. The lowest BCUT2D eigenvalue weighted by Gasteiger charge is -2.09.